The molecular weight excluding hydrogens is 720 g/mol. The van der Waals surface area contributed by atoms with Gasteiger partial charge in [-0.25, -0.2) is 13.2 Å². The second-order valence-corrected chi connectivity index (χ2v) is 17.6. The summed E-state index contributed by atoms with van der Waals surface area (Å²) in [5.74, 6) is -4.33. The average Bonchev–Trinajstić information content (AvgIpc) is 3.73. The number of carbonyl (C=O) groups is 2. The molecule has 3 heterocycles. The first-order valence-electron chi connectivity index (χ1n) is 16.9. The molecule has 49 heavy (non-hydrogen) atoms. The average molecular weight is 765 g/mol. The molecule has 10 nitrogen and oxygen atoms in total. The fourth-order valence-electron chi connectivity index (χ4n) is 7.71. The summed E-state index contributed by atoms with van der Waals surface area (Å²) in [4.78, 5) is 28.2. The molecule has 3 unspecified atom stereocenters. The number of hydrogen-bond donors (Lipinski definition) is 1. The third-order valence-electron chi connectivity index (χ3n) is 10.00. The summed E-state index contributed by atoms with van der Waals surface area (Å²) >= 11 is 3.27. The van der Waals surface area contributed by atoms with E-state index in [4.69, 9.17) is 4.74 Å². The van der Waals surface area contributed by atoms with Crippen LogP contribution in [0.4, 0.5) is 13.6 Å². The number of alkyl carbamates (subject to hydrolysis) is 1. The molecular formula is C35H44BrF2N5O5S. The van der Waals surface area contributed by atoms with Gasteiger partial charge in [-0.05, 0) is 95.5 Å². The lowest BCUT2D eigenvalue weighted by Gasteiger charge is -2.43. The zero-order valence-corrected chi connectivity index (χ0v) is 30.6. The fourth-order valence-corrected chi connectivity index (χ4v) is 9.32. The summed E-state index contributed by atoms with van der Waals surface area (Å²) in [5.41, 5.74) is -0.567. The Hall–Kier alpha value is -3.10. The van der Waals surface area contributed by atoms with Gasteiger partial charge in [0.25, 0.3) is 5.92 Å². The Morgan fingerprint density at radius 2 is 1.67 bits per heavy atom. The van der Waals surface area contributed by atoms with E-state index in [0.717, 1.165) is 26.4 Å². The number of nitrogens with one attached hydrogen (secondary N) is 1. The lowest BCUT2D eigenvalue weighted by Crippen LogP contribution is -2.61. The molecule has 0 spiro atoms. The second kappa shape index (κ2) is 13.6. The van der Waals surface area contributed by atoms with Gasteiger partial charge in [0.15, 0.2) is 6.04 Å². The Morgan fingerprint density at radius 3 is 2.29 bits per heavy atom. The normalized spacial score (nSPS) is 22.5. The summed E-state index contributed by atoms with van der Waals surface area (Å²) in [6, 6.07) is 6.06. The maximum absolute atomic E-state index is 16.7. The van der Waals surface area contributed by atoms with Gasteiger partial charge in [-0.1, -0.05) is 40.9 Å². The summed E-state index contributed by atoms with van der Waals surface area (Å²) in [5, 5.41) is 8.05. The van der Waals surface area contributed by atoms with Crippen molar-refractivity contribution in [3.63, 3.8) is 0 Å². The number of rotatable bonds is 9. The van der Waals surface area contributed by atoms with E-state index in [-0.39, 0.29) is 10.9 Å². The van der Waals surface area contributed by atoms with Crippen LogP contribution in [-0.4, -0.2) is 76.2 Å². The number of piperidine rings is 1. The van der Waals surface area contributed by atoms with E-state index < -0.39 is 57.2 Å². The van der Waals surface area contributed by atoms with Crippen LogP contribution in [0.3, 0.4) is 0 Å². The number of likely N-dealkylation sites (N-methyl/N-ethyl adjacent to an activating group) is 1. The van der Waals surface area contributed by atoms with Crippen LogP contribution in [0.2, 0.25) is 0 Å². The molecule has 1 saturated carbocycles. The maximum Gasteiger partial charge on any atom is 0.407 e. The number of sulfonamides is 1. The fraction of sp³-hybridized carbons (Fsp3) is 0.571. The molecule has 266 valence electrons. The molecule has 14 heteroatoms. The molecule has 1 aromatic heterocycles. The van der Waals surface area contributed by atoms with Crippen LogP contribution in [0.1, 0.15) is 77.7 Å². The Morgan fingerprint density at radius 1 is 1.04 bits per heavy atom. The zero-order valence-electron chi connectivity index (χ0n) is 28.2. The lowest BCUT2D eigenvalue weighted by atomic mass is 9.94. The molecule has 3 fully saturated rings. The van der Waals surface area contributed by atoms with Crippen molar-refractivity contribution in [3.8, 4) is 0 Å². The molecule has 0 radical (unpaired) electrons. The number of ether oxygens (including phenoxy) is 1. The highest BCUT2D eigenvalue weighted by atomic mass is 79.9. The standard InChI is InChI=1S/C35H44BrF2N5O5S/c1-34(2,3)48-33(45)39-26-18-27-13-14-28(19-26)43(27)32(44)31(35(37,38)24-9-11-25(36)12-10-24)41(4)49(46,47)29-15-16-30-23(17-29)21-42(40-30)20-22-7-5-6-8-22/h9-12,15-17,21-22,26-28,31H,5-8,13-14,18-20H2,1-4H3,(H,39,45). The minimum absolute atomic E-state index is 0.199. The van der Waals surface area contributed by atoms with Crippen molar-refractivity contribution in [1.29, 1.82) is 0 Å². The van der Waals surface area contributed by atoms with Crippen LogP contribution in [0.25, 0.3) is 10.9 Å². The van der Waals surface area contributed by atoms with E-state index in [9.17, 15) is 18.0 Å². The summed E-state index contributed by atoms with van der Waals surface area (Å²) in [6.45, 7) is 6.02. The lowest BCUT2D eigenvalue weighted by molar-refractivity contribution is -0.155. The van der Waals surface area contributed by atoms with Crippen LogP contribution < -0.4 is 5.32 Å². The Labute approximate surface area is 294 Å². The summed E-state index contributed by atoms with van der Waals surface area (Å²) < 4.78 is 70.2. The molecule has 2 amide bonds. The van der Waals surface area contributed by atoms with Gasteiger partial charge in [-0.15, -0.1) is 0 Å². The number of hydrogen-bond acceptors (Lipinski definition) is 6. The van der Waals surface area contributed by atoms with Crippen molar-refractivity contribution in [2.75, 3.05) is 7.05 Å². The quantitative estimate of drug-likeness (QED) is 0.256. The first kappa shape index (κ1) is 35.7. The molecule has 2 bridgehead atoms. The Kier molecular flexibility index (Phi) is 9.88. The van der Waals surface area contributed by atoms with Crippen LogP contribution in [0.5, 0.6) is 0 Å². The van der Waals surface area contributed by atoms with Crippen molar-refractivity contribution in [2.24, 2.45) is 5.92 Å². The van der Waals surface area contributed by atoms with Crippen LogP contribution in [0.15, 0.2) is 58.0 Å². The molecule has 3 aromatic rings. The van der Waals surface area contributed by atoms with Crippen molar-refractivity contribution >= 4 is 48.9 Å². The number of aromatic nitrogens is 2. The number of nitrogens with zero attached hydrogens (tertiary/aromatic N) is 4. The van der Waals surface area contributed by atoms with Gasteiger partial charge in [0.1, 0.15) is 5.60 Å². The van der Waals surface area contributed by atoms with Gasteiger partial charge in [0.2, 0.25) is 15.9 Å². The molecule has 2 aliphatic heterocycles. The van der Waals surface area contributed by atoms with Gasteiger partial charge < -0.3 is 15.0 Å². The molecule has 3 aliphatic rings. The third-order valence-corrected chi connectivity index (χ3v) is 12.3. The van der Waals surface area contributed by atoms with Gasteiger partial charge in [-0.3, -0.25) is 9.48 Å². The number of fused-ring (bicyclic) bond motifs is 3. The number of benzene rings is 2. The van der Waals surface area contributed by atoms with Gasteiger partial charge >= 0.3 is 6.09 Å². The maximum atomic E-state index is 16.7. The van der Waals surface area contributed by atoms with E-state index in [1.807, 2.05) is 4.68 Å². The monoisotopic (exact) mass is 763 g/mol. The first-order valence-corrected chi connectivity index (χ1v) is 19.2. The summed E-state index contributed by atoms with van der Waals surface area (Å²) in [7, 11) is -3.55. The second-order valence-electron chi connectivity index (χ2n) is 14.7. The van der Waals surface area contributed by atoms with E-state index >= 15 is 8.78 Å². The number of amides is 2. The van der Waals surface area contributed by atoms with Crippen LogP contribution in [0, 0.1) is 5.92 Å². The smallest absolute Gasteiger partial charge is 0.407 e. The van der Waals surface area contributed by atoms with E-state index in [1.54, 1.807) is 33.0 Å². The molecule has 6 rings (SSSR count). The van der Waals surface area contributed by atoms with Crippen molar-refractivity contribution < 1.29 is 31.5 Å². The molecule has 1 N–H and O–H groups in total. The molecule has 2 saturated heterocycles. The van der Waals surface area contributed by atoms with Crippen molar-refractivity contribution in [2.45, 2.75) is 119 Å². The highest BCUT2D eigenvalue weighted by Gasteiger charge is 2.56. The summed E-state index contributed by atoms with van der Waals surface area (Å²) in [6.07, 6.45) is 7.63. The van der Waals surface area contributed by atoms with Crippen LogP contribution >= 0.6 is 15.9 Å². The molecule has 3 atom stereocenters. The minimum atomic E-state index is -4.60. The number of carbonyl (C=O) groups excluding carboxylic acids is 2. The van der Waals surface area contributed by atoms with Gasteiger partial charge in [0, 0.05) is 53.3 Å². The third kappa shape index (κ3) is 7.51. The Bertz CT molecular complexity index is 1790. The SMILES string of the molecule is CN(C(C(=O)N1C2CCC1CC(NC(=O)OC(C)(C)C)C2)C(F)(F)c1ccc(Br)cc1)S(=O)(=O)c1ccc2nn(CC3CCCC3)cc2c1. The van der Waals surface area contributed by atoms with Crippen LogP contribution in [-0.2, 0) is 32.0 Å². The van der Waals surface area contributed by atoms with Gasteiger partial charge in [0.05, 0.1) is 10.4 Å². The van der Waals surface area contributed by atoms with Gasteiger partial charge in [-0.2, -0.15) is 18.2 Å². The van der Waals surface area contributed by atoms with E-state index in [2.05, 4.69) is 26.3 Å². The van der Waals surface area contributed by atoms with Crippen molar-refractivity contribution in [1.82, 2.24) is 24.3 Å². The predicted octanol–water partition coefficient (Wildman–Crippen LogP) is 6.82. The Balaban J connectivity index is 1.30. The minimum Gasteiger partial charge on any atom is -0.444 e. The first-order chi connectivity index (χ1) is 23.0. The van der Waals surface area contributed by atoms with Crippen molar-refractivity contribution in [3.05, 3.63) is 58.7 Å². The number of alkyl halides is 2. The number of halogens is 3. The van der Waals surface area contributed by atoms with E-state index in [0.29, 0.717) is 51.3 Å². The molecule has 1 aliphatic carbocycles. The zero-order chi connectivity index (χ0) is 35.3. The van der Waals surface area contributed by atoms with E-state index in [1.165, 1.54) is 54.1 Å². The topological polar surface area (TPSA) is 114 Å². The highest BCUT2D eigenvalue weighted by molar-refractivity contribution is 9.10. The largest absolute Gasteiger partial charge is 0.444 e. The molecule has 2 aromatic carbocycles. The highest BCUT2D eigenvalue weighted by Crippen LogP contribution is 2.42. The predicted molar refractivity (Wildman–Crippen MR) is 185 cm³/mol.